The highest BCUT2D eigenvalue weighted by Gasteiger charge is 2.45. The first-order valence-electron chi connectivity index (χ1n) is 9.61. The second kappa shape index (κ2) is 10.4. The number of carboxylic acids is 1. The molecule has 0 aromatic carbocycles. The molecule has 30 heavy (non-hydrogen) atoms. The van der Waals surface area contributed by atoms with E-state index in [1.807, 2.05) is 28.5 Å². The fraction of sp³-hybridized carbons (Fsp3) is 0.600. The molecule has 1 unspecified atom stereocenters. The van der Waals surface area contributed by atoms with Crippen LogP contribution in [0.5, 0.6) is 0 Å². The molecule has 2 fully saturated rings. The monoisotopic (exact) mass is 448 g/mol. The Labute approximate surface area is 177 Å². The average Bonchev–Trinajstić information content (AvgIpc) is 3.31. The smallest absolute Gasteiger partial charge is 0.475 e. The number of piperidine rings is 1. The summed E-state index contributed by atoms with van der Waals surface area (Å²) < 4.78 is 37.1. The van der Waals surface area contributed by atoms with Crippen molar-refractivity contribution < 1.29 is 32.6 Å². The van der Waals surface area contributed by atoms with Crippen LogP contribution in [0.3, 0.4) is 0 Å². The Balaban J connectivity index is 0.000000396. The Hall–Kier alpha value is -1.91. The van der Waals surface area contributed by atoms with Crippen molar-refractivity contribution in [1.29, 1.82) is 0 Å². The molecule has 168 valence electrons. The lowest BCUT2D eigenvalue weighted by Gasteiger charge is -2.44. The van der Waals surface area contributed by atoms with Gasteiger partial charge < -0.3 is 14.7 Å². The summed E-state index contributed by atoms with van der Waals surface area (Å²) in [6.45, 7) is 2.53. The Kier molecular flexibility index (Phi) is 8.45. The molecule has 6 nitrogen and oxygen atoms in total. The van der Waals surface area contributed by atoms with Crippen LogP contribution in [0.15, 0.2) is 23.6 Å². The lowest BCUT2D eigenvalue weighted by molar-refractivity contribution is -0.192. The van der Waals surface area contributed by atoms with Crippen LogP contribution in [0.2, 0.25) is 0 Å². The number of likely N-dealkylation sites (tertiary alicyclic amines) is 2. The first kappa shape index (κ1) is 24.4. The van der Waals surface area contributed by atoms with Gasteiger partial charge in [0.2, 0.25) is 5.91 Å². The number of amides is 1. The molecule has 2 aliphatic heterocycles. The summed E-state index contributed by atoms with van der Waals surface area (Å²) in [5.41, 5.74) is 0.275. The van der Waals surface area contributed by atoms with Crippen LogP contribution < -0.4 is 0 Å². The van der Waals surface area contributed by atoms with Crippen LogP contribution in [0, 0.1) is 0 Å². The maximum atomic E-state index is 12.4. The lowest BCUT2D eigenvalue weighted by atomic mass is 9.85. The lowest BCUT2D eigenvalue weighted by Crippen LogP contribution is -2.53. The SMILES string of the molecule is COCC1CCC2(CCN(C(=O)/C=C/c3cccs3)CC2)N1C.O=C(O)C(F)(F)F. The predicted molar refractivity (Wildman–Crippen MR) is 108 cm³/mol. The minimum absolute atomic E-state index is 0.141. The molecule has 0 radical (unpaired) electrons. The number of carboxylic acid groups (broad SMARTS) is 1. The molecule has 1 amide bonds. The fourth-order valence-electron chi connectivity index (χ4n) is 3.97. The number of aliphatic carboxylic acids is 1. The number of thiophene rings is 1. The maximum absolute atomic E-state index is 12.4. The van der Waals surface area contributed by atoms with Gasteiger partial charge in [-0.25, -0.2) is 4.79 Å². The van der Waals surface area contributed by atoms with E-state index in [9.17, 15) is 18.0 Å². The van der Waals surface area contributed by atoms with Crippen molar-refractivity contribution in [3.8, 4) is 0 Å². The van der Waals surface area contributed by atoms with Crippen molar-refractivity contribution in [1.82, 2.24) is 9.80 Å². The van der Waals surface area contributed by atoms with Crippen molar-refractivity contribution >= 4 is 29.3 Å². The van der Waals surface area contributed by atoms with Gasteiger partial charge in [0.15, 0.2) is 0 Å². The Bertz CT molecular complexity index is 729. The molecule has 1 atom stereocenters. The van der Waals surface area contributed by atoms with Gasteiger partial charge in [-0.15, -0.1) is 11.3 Å². The average molecular weight is 449 g/mol. The summed E-state index contributed by atoms with van der Waals surface area (Å²) >= 11 is 1.66. The Morgan fingerprint density at radius 3 is 2.47 bits per heavy atom. The van der Waals surface area contributed by atoms with Gasteiger partial charge in [0.05, 0.1) is 6.61 Å². The van der Waals surface area contributed by atoms with Crippen LogP contribution in [0.4, 0.5) is 13.2 Å². The molecule has 0 aliphatic carbocycles. The highest BCUT2D eigenvalue weighted by atomic mass is 32.1. The number of methoxy groups -OCH3 is 1. The van der Waals surface area contributed by atoms with Crippen LogP contribution in [-0.2, 0) is 14.3 Å². The summed E-state index contributed by atoms with van der Waals surface area (Å²) in [5.74, 6) is -2.62. The number of hydrogen-bond donors (Lipinski definition) is 1. The number of ether oxygens (including phenoxy) is 1. The molecule has 3 rings (SSSR count). The van der Waals surface area contributed by atoms with Crippen LogP contribution in [0.25, 0.3) is 6.08 Å². The third-order valence-corrected chi connectivity index (χ3v) is 6.62. The van der Waals surface area contributed by atoms with Crippen molar-refractivity contribution in [2.24, 2.45) is 0 Å². The summed E-state index contributed by atoms with van der Waals surface area (Å²) in [6.07, 6.45) is 3.13. The minimum atomic E-state index is -5.08. The largest absolute Gasteiger partial charge is 0.490 e. The number of carbonyl (C=O) groups is 2. The van der Waals surface area contributed by atoms with Gasteiger partial charge in [-0.1, -0.05) is 6.07 Å². The fourth-order valence-corrected chi connectivity index (χ4v) is 4.59. The van der Waals surface area contributed by atoms with E-state index in [4.69, 9.17) is 14.6 Å². The quantitative estimate of drug-likeness (QED) is 0.714. The number of rotatable bonds is 4. The van der Waals surface area contributed by atoms with E-state index >= 15 is 0 Å². The second-order valence-corrected chi connectivity index (χ2v) is 8.44. The zero-order valence-electron chi connectivity index (χ0n) is 17.0. The molecule has 3 heterocycles. The van der Waals surface area contributed by atoms with Crippen molar-refractivity contribution in [3.05, 3.63) is 28.5 Å². The van der Waals surface area contributed by atoms with E-state index in [0.717, 1.165) is 37.4 Å². The highest BCUT2D eigenvalue weighted by Crippen LogP contribution is 2.40. The first-order valence-corrected chi connectivity index (χ1v) is 10.5. The van der Waals surface area contributed by atoms with Crippen LogP contribution >= 0.6 is 11.3 Å². The minimum Gasteiger partial charge on any atom is -0.475 e. The third-order valence-electron chi connectivity index (χ3n) is 5.78. The third kappa shape index (κ3) is 6.29. The van der Waals surface area contributed by atoms with Crippen LogP contribution in [0.1, 0.15) is 30.6 Å². The van der Waals surface area contributed by atoms with Crippen molar-refractivity contribution in [3.63, 3.8) is 0 Å². The van der Waals surface area contributed by atoms with Gasteiger partial charge >= 0.3 is 12.1 Å². The van der Waals surface area contributed by atoms with Gasteiger partial charge in [-0.2, -0.15) is 13.2 Å². The Morgan fingerprint density at radius 1 is 1.33 bits per heavy atom. The molecule has 1 spiro atoms. The Morgan fingerprint density at radius 2 is 1.97 bits per heavy atom. The van der Waals surface area contributed by atoms with E-state index in [2.05, 4.69) is 11.9 Å². The molecular formula is C20H27F3N2O4S. The molecular weight excluding hydrogens is 421 g/mol. The van der Waals surface area contributed by atoms with E-state index in [0.29, 0.717) is 6.04 Å². The van der Waals surface area contributed by atoms with Crippen molar-refractivity contribution in [2.45, 2.75) is 43.4 Å². The van der Waals surface area contributed by atoms with E-state index < -0.39 is 12.1 Å². The van der Waals surface area contributed by atoms with Gasteiger partial charge in [0, 0.05) is 42.7 Å². The van der Waals surface area contributed by atoms with Crippen LogP contribution in [-0.4, -0.2) is 78.4 Å². The number of halogens is 3. The summed E-state index contributed by atoms with van der Waals surface area (Å²) in [4.78, 5) is 26.9. The van der Waals surface area contributed by atoms with Gasteiger partial charge in [0.25, 0.3) is 0 Å². The summed E-state index contributed by atoms with van der Waals surface area (Å²) in [6, 6.07) is 4.57. The van der Waals surface area contributed by atoms with Gasteiger partial charge in [-0.3, -0.25) is 9.69 Å². The number of hydrogen-bond acceptors (Lipinski definition) is 5. The normalized spacial score (nSPS) is 21.6. The number of alkyl halides is 3. The predicted octanol–water partition coefficient (Wildman–Crippen LogP) is 3.50. The van der Waals surface area contributed by atoms with E-state index in [1.54, 1.807) is 24.5 Å². The number of likely N-dealkylation sites (N-methyl/N-ethyl adjacent to an activating group) is 1. The van der Waals surface area contributed by atoms with Gasteiger partial charge in [-0.05, 0) is 50.3 Å². The van der Waals surface area contributed by atoms with Crippen molar-refractivity contribution in [2.75, 3.05) is 33.9 Å². The molecule has 10 heteroatoms. The van der Waals surface area contributed by atoms with E-state index in [1.165, 1.54) is 12.8 Å². The highest BCUT2D eigenvalue weighted by molar-refractivity contribution is 7.10. The number of nitrogens with zero attached hydrogens (tertiary/aromatic N) is 2. The van der Waals surface area contributed by atoms with E-state index in [-0.39, 0.29) is 11.4 Å². The summed E-state index contributed by atoms with van der Waals surface area (Å²) in [7, 11) is 4.00. The molecule has 0 bridgehead atoms. The standard InChI is InChI=1S/C18H26N2O2S.C2HF3O2/c1-19-15(14-22-2)7-8-18(19)9-11-20(12-10-18)17(21)6-5-16-4-3-13-23-16;3-2(4,5)1(6)7/h3-6,13,15H,7-12,14H2,1-2H3;(H,6,7)/b6-5+;. The molecule has 2 aliphatic rings. The molecule has 1 N–H and O–H groups in total. The molecule has 0 saturated carbocycles. The topological polar surface area (TPSA) is 70.1 Å². The molecule has 1 aromatic rings. The zero-order valence-corrected chi connectivity index (χ0v) is 17.8. The summed E-state index contributed by atoms with van der Waals surface area (Å²) in [5, 5.41) is 9.15. The first-order chi connectivity index (χ1) is 14.1. The van der Waals surface area contributed by atoms with Gasteiger partial charge in [0.1, 0.15) is 0 Å². The maximum Gasteiger partial charge on any atom is 0.490 e. The second-order valence-electron chi connectivity index (χ2n) is 7.46. The number of carbonyl (C=O) groups excluding carboxylic acids is 1. The zero-order chi connectivity index (χ0) is 22.4. The molecule has 2 saturated heterocycles. The molecule has 1 aromatic heterocycles.